The van der Waals surface area contributed by atoms with Crippen molar-refractivity contribution in [2.24, 2.45) is 0 Å². The van der Waals surface area contributed by atoms with Crippen molar-refractivity contribution in [3.05, 3.63) is 36.0 Å². The minimum absolute atomic E-state index is 0.0621. The van der Waals surface area contributed by atoms with Gasteiger partial charge in [0.1, 0.15) is 0 Å². The number of carbonyl (C=O) groups is 1. The molecule has 4 nitrogen and oxygen atoms in total. The Kier molecular flexibility index (Phi) is 3.25. The smallest absolute Gasteiger partial charge is 0.224 e. The molecule has 3 rings (SSSR count). The highest BCUT2D eigenvalue weighted by atomic mass is 16.5. The summed E-state index contributed by atoms with van der Waals surface area (Å²) < 4.78 is 5.45. The second kappa shape index (κ2) is 5.05. The van der Waals surface area contributed by atoms with Crippen molar-refractivity contribution in [3.8, 4) is 0 Å². The summed E-state index contributed by atoms with van der Waals surface area (Å²) in [4.78, 5) is 15.3. The van der Waals surface area contributed by atoms with Crippen LogP contribution in [0.4, 0.5) is 0 Å². The molecule has 0 radical (unpaired) electrons. The SMILES string of the molecule is CC1OCCC1NC(=O)Cc1c[nH]c2ccccc12. The zero-order valence-corrected chi connectivity index (χ0v) is 11.0. The third-order valence-electron chi connectivity index (χ3n) is 3.75. The Labute approximate surface area is 112 Å². The van der Waals surface area contributed by atoms with Gasteiger partial charge < -0.3 is 15.0 Å². The van der Waals surface area contributed by atoms with Crippen LogP contribution in [0.2, 0.25) is 0 Å². The number of ether oxygens (including phenoxy) is 1. The second-order valence-corrected chi connectivity index (χ2v) is 5.07. The van der Waals surface area contributed by atoms with Gasteiger partial charge in [-0.1, -0.05) is 18.2 Å². The molecule has 0 bridgehead atoms. The van der Waals surface area contributed by atoms with Crippen molar-refractivity contribution in [3.63, 3.8) is 0 Å². The van der Waals surface area contributed by atoms with Crippen molar-refractivity contribution in [1.29, 1.82) is 0 Å². The molecular weight excluding hydrogens is 240 g/mol. The summed E-state index contributed by atoms with van der Waals surface area (Å²) in [7, 11) is 0. The van der Waals surface area contributed by atoms with E-state index in [2.05, 4.69) is 10.3 Å². The molecule has 2 aromatic rings. The van der Waals surface area contributed by atoms with Crippen LogP contribution in [-0.4, -0.2) is 29.6 Å². The van der Waals surface area contributed by atoms with E-state index in [0.29, 0.717) is 6.42 Å². The molecule has 100 valence electrons. The Morgan fingerprint density at radius 2 is 2.32 bits per heavy atom. The van der Waals surface area contributed by atoms with Crippen LogP contribution in [0, 0.1) is 0 Å². The van der Waals surface area contributed by atoms with E-state index in [0.717, 1.165) is 29.5 Å². The van der Waals surface area contributed by atoms with E-state index in [-0.39, 0.29) is 18.1 Å². The number of carbonyl (C=O) groups excluding carboxylic acids is 1. The molecule has 0 aliphatic carbocycles. The third-order valence-corrected chi connectivity index (χ3v) is 3.75. The Morgan fingerprint density at radius 3 is 3.11 bits per heavy atom. The summed E-state index contributed by atoms with van der Waals surface area (Å²) in [6, 6.07) is 8.18. The van der Waals surface area contributed by atoms with Crippen LogP contribution in [0.15, 0.2) is 30.5 Å². The number of benzene rings is 1. The summed E-state index contributed by atoms with van der Waals surface area (Å²) >= 11 is 0. The minimum atomic E-state index is 0.0621. The lowest BCUT2D eigenvalue weighted by Gasteiger charge is -2.15. The Morgan fingerprint density at radius 1 is 1.47 bits per heavy atom. The first-order valence-electron chi connectivity index (χ1n) is 6.70. The predicted octanol–water partition coefficient (Wildman–Crippen LogP) is 2.00. The molecular formula is C15H18N2O2. The molecule has 1 aromatic heterocycles. The van der Waals surface area contributed by atoms with E-state index in [1.54, 1.807) is 0 Å². The standard InChI is InChI=1S/C15H18N2O2/c1-10-13(6-7-19-10)17-15(18)8-11-9-16-14-5-3-2-4-12(11)14/h2-5,9-10,13,16H,6-8H2,1H3,(H,17,18). The maximum atomic E-state index is 12.1. The number of amides is 1. The Hall–Kier alpha value is -1.81. The number of aromatic amines is 1. The first-order chi connectivity index (χ1) is 9.24. The molecule has 0 saturated carbocycles. The highest BCUT2D eigenvalue weighted by molar-refractivity contribution is 5.88. The average molecular weight is 258 g/mol. The van der Waals surface area contributed by atoms with E-state index < -0.39 is 0 Å². The van der Waals surface area contributed by atoms with E-state index in [1.165, 1.54) is 0 Å². The molecule has 2 heterocycles. The molecule has 1 aromatic carbocycles. The monoisotopic (exact) mass is 258 g/mol. The topological polar surface area (TPSA) is 54.1 Å². The van der Waals surface area contributed by atoms with E-state index in [1.807, 2.05) is 37.4 Å². The molecule has 1 amide bonds. The van der Waals surface area contributed by atoms with Crippen LogP contribution in [0.25, 0.3) is 10.9 Å². The number of hydrogen-bond acceptors (Lipinski definition) is 2. The van der Waals surface area contributed by atoms with Gasteiger partial charge in [0.2, 0.25) is 5.91 Å². The highest BCUT2D eigenvalue weighted by Crippen LogP contribution is 2.18. The molecule has 2 atom stereocenters. The van der Waals surface area contributed by atoms with Crippen LogP contribution in [0.3, 0.4) is 0 Å². The maximum absolute atomic E-state index is 12.1. The molecule has 1 saturated heterocycles. The fourth-order valence-corrected chi connectivity index (χ4v) is 2.63. The van der Waals surface area contributed by atoms with E-state index >= 15 is 0 Å². The predicted molar refractivity (Wildman–Crippen MR) is 74.0 cm³/mol. The number of para-hydroxylation sites is 1. The highest BCUT2D eigenvalue weighted by Gasteiger charge is 2.25. The normalized spacial score (nSPS) is 22.8. The number of H-pyrrole nitrogens is 1. The van der Waals surface area contributed by atoms with Crippen LogP contribution in [-0.2, 0) is 16.0 Å². The van der Waals surface area contributed by atoms with Gasteiger partial charge >= 0.3 is 0 Å². The summed E-state index contributed by atoms with van der Waals surface area (Å²) in [5, 5.41) is 4.17. The van der Waals surface area contributed by atoms with Gasteiger partial charge in [-0.05, 0) is 25.0 Å². The third kappa shape index (κ3) is 2.49. The molecule has 2 unspecified atom stereocenters. The van der Waals surface area contributed by atoms with E-state index in [9.17, 15) is 4.79 Å². The zero-order chi connectivity index (χ0) is 13.2. The van der Waals surface area contributed by atoms with Crippen LogP contribution in [0.5, 0.6) is 0 Å². The van der Waals surface area contributed by atoms with Crippen LogP contribution >= 0.6 is 0 Å². The first-order valence-corrected chi connectivity index (χ1v) is 6.70. The van der Waals surface area contributed by atoms with Gasteiger partial charge in [-0.25, -0.2) is 0 Å². The fraction of sp³-hybridized carbons (Fsp3) is 0.400. The largest absolute Gasteiger partial charge is 0.376 e. The van der Waals surface area contributed by atoms with Gasteiger partial charge in [0.15, 0.2) is 0 Å². The van der Waals surface area contributed by atoms with Crippen molar-refractivity contribution >= 4 is 16.8 Å². The van der Waals surface area contributed by atoms with Crippen molar-refractivity contribution in [1.82, 2.24) is 10.3 Å². The van der Waals surface area contributed by atoms with Gasteiger partial charge in [-0.15, -0.1) is 0 Å². The summed E-state index contributed by atoms with van der Waals surface area (Å²) in [5.74, 6) is 0.0621. The number of rotatable bonds is 3. The fourth-order valence-electron chi connectivity index (χ4n) is 2.63. The molecule has 4 heteroatoms. The van der Waals surface area contributed by atoms with E-state index in [4.69, 9.17) is 4.74 Å². The van der Waals surface area contributed by atoms with Gasteiger partial charge in [-0.3, -0.25) is 4.79 Å². The van der Waals surface area contributed by atoms with Crippen molar-refractivity contribution < 1.29 is 9.53 Å². The van der Waals surface area contributed by atoms with Gasteiger partial charge in [-0.2, -0.15) is 0 Å². The number of fused-ring (bicyclic) bond motifs is 1. The Balaban J connectivity index is 1.69. The van der Waals surface area contributed by atoms with Crippen LogP contribution in [0.1, 0.15) is 18.9 Å². The van der Waals surface area contributed by atoms with Gasteiger partial charge in [0.05, 0.1) is 18.6 Å². The first kappa shape index (κ1) is 12.2. The number of hydrogen-bond donors (Lipinski definition) is 2. The lowest BCUT2D eigenvalue weighted by Crippen LogP contribution is -2.39. The maximum Gasteiger partial charge on any atom is 0.224 e. The zero-order valence-electron chi connectivity index (χ0n) is 11.0. The lowest BCUT2D eigenvalue weighted by atomic mass is 10.1. The van der Waals surface area contributed by atoms with Crippen molar-refractivity contribution in [2.45, 2.75) is 31.9 Å². The summed E-state index contributed by atoms with van der Waals surface area (Å²) in [5.41, 5.74) is 2.11. The molecule has 1 aliphatic heterocycles. The van der Waals surface area contributed by atoms with Crippen molar-refractivity contribution in [2.75, 3.05) is 6.61 Å². The van der Waals surface area contributed by atoms with Crippen LogP contribution < -0.4 is 5.32 Å². The molecule has 0 spiro atoms. The molecule has 1 aliphatic rings. The quantitative estimate of drug-likeness (QED) is 0.884. The second-order valence-electron chi connectivity index (χ2n) is 5.07. The number of aromatic nitrogens is 1. The lowest BCUT2D eigenvalue weighted by molar-refractivity contribution is -0.121. The number of nitrogens with one attached hydrogen (secondary N) is 2. The summed E-state index contributed by atoms with van der Waals surface area (Å²) in [6.45, 7) is 2.74. The summed E-state index contributed by atoms with van der Waals surface area (Å²) in [6.07, 6.45) is 3.35. The Bertz CT molecular complexity index is 591. The average Bonchev–Trinajstić information content (AvgIpc) is 2.98. The minimum Gasteiger partial charge on any atom is -0.376 e. The molecule has 19 heavy (non-hydrogen) atoms. The van der Waals surface area contributed by atoms with Gasteiger partial charge in [0.25, 0.3) is 0 Å². The molecule has 2 N–H and O–H groups in total. The van der Waals surface area contributed by atoms with Gasteiger partial charge in [0, 0.05) is 23.7 Å². The molecule has 1 fully saturated rings.